The molecule has 1 aromatic carbocycles. The van der Waals surface area contributed by atoms with E-state index in [-0.39, 0.29) is 5.75 Å². The number of pyridine rings is 1. The van der Waals surface area contributed by atoms with Crippen molar-refractivity contribution in [2.24, 2.45) is 0 Å². The summed E-state index contributed by atoms with van der Waals surface area (Å²) in [6, 6.07) is 8.71. The van der Waals surface area contributed by atoms with Gasteiger partial charge in [0.1, 0.15) is 5.75 Å². The zero-order valence-electron chi connectivity index (χ0n) is 9.11. The summed E-state index contributed by atoms with van der Waals surface area (Å²) in [6.07, 6.45) is 1.33. The maximum Gasteiger partial charge on any atom is 0.387 e. The first kappa shape index (κ1) is 12.2. The normalized spacial score (nSPS) is 10.4. The number of benzene rings is 1. The number of nitrogens with one attached hydrogen (secondary N) is 1. The van der Waals surface area contributed by atoms with E-state index in [1.165, 1.54) is 24.4 Å². The standard InChI is InChI=1S/C12H9F3N2O/c13-11-7-9(5-6-16-11)17-8-1-3-10(4-2-8)18-12(14)15/h1-7,12H,(H,16,17). The van der Waals surface area contributed by atoms with E-state index in [0.29, 0.717) is 11.4 Å². The van der Waals surface area contributed by atoms with Crippen LogP contribution in [0, 0.1) is 5.95 Å². The Morgan fingerprint density at radius 2 is 1.78 bits per heavy atom. The molecule has 0 unspecified atom stereocenters. The predicted molar refractivity (Wildman–Crippen MR) is 60.6 cm³/mol. The van der Waals surface area contributed by atoms with Crippen molar-refractivity contribution in [3.05, 3.63) is 48.5 Å². The molecule has 0 bridgehead atoms. The van der Waals surface area contributed by atoms with Gasteiger partial charge in [-0.2, -0.15) is 13.2 Å². The van der Waals surface area contributed by atoms with Gasteiger partial charge in [0.2, 0.25) is 5.95 Å². The smallest absolute Gasteiger partial charge is 0.387 e. The number of aromatic nitrogens is 1. The van der Waals surface area contributed by atoms with E-state index < -0.39 is 12.6 Å². The molecule has 6 heteroatoms. The molecule has 0 amide bonds. The van der Waals surface area contributed by atoms with Crippen LogP contribution in [0.3, 0.4) is 0 Å². The van der Waals surface area contributed by atoms with Gasteiger partial charge in [0, 0.05) is 23.6 Å². The second kappa shape index (κ2) is 5.39. The molecule has 2 rings (SSSR count). The molecule has 0 saturated heterocycles. The van der Waals surface area contributed by atoms with Gasteiger partial charge in [0.15, 0.2) is 0 Å². The van der Waals surface area contributed by atoms with E-state index in [2.05, 4.69) is 15.0 Å². The number of anilines is 2. The summed E-state index contributed by atoms with van der Waals surface area (Å²) in [7, 11) is 0. The molecule has 2 aromatic rings. The summed E-state index contributed by atoms with van der Waals surface area (Å²) in [4.78, 5) is 3.42. The van der Waals surface area contributed by atoms with Gasteiger partial charge in [-0.15, -0.1) is 0 Å². The van der Waals surface area contributed by atoms with Crippen LogP contribution < -0.4 is 10.1 Å². The molecule has 0 radical (unpaired) electrons. The number of halogens is 3. The SMILES string of the molecule is Fc1cc(Nc2ccc(OC(F)F)cc2)ccn1. The van der Waals surface area contributed by atoms with Crippen molar-refractivity contribution in [3.8, 4) is 5.75 Å². The van der Waals surface area contributed by atoms with Crippen LogP contribution in [-0.4, -0.2) is 11.6 Å². The van der Waals surface area contributed by atoms with Crippen molar-refractivity contribution < 1.29 is 17.9 Å². The molecule has 0 aliphatic heterocycles. The van der Waals surface area contributed by atoms with Gasteiger partial charge in [0.05, 0.1) is 0 Å². The van der Waals surface area contributed by atoms with Crippen LogP contribution in [0.25, 0.3) is 0 Å². The second-order valence-corrected chi connectivity index (χ2v) is 3.40. The molecule has 3 nitrogen and oxygen atoms in total. The lowest BCUT2D eigenvalue weighted by Crippen LogP contribution is -2.01. The van der Waals surface area contributed by atoms with Crippen molar-refractivity contribution >= 4 is 11.4 Å². The molecule has 18 heavy (non-hydrogen) atoms. The van der Waals surface area contributed by atoms with Crippen molar-refractivity contribution in [1.82, 2.24) is 4.98 Å². The van der Waals surface area contributed by atoms with Crippen LogP contribution in [0.15, 0.2) is 42.6 Å². The van der Waals surface area contributed by atoms with Gasteiger partial charge in [0.25, 0.3) is 0 Å². The molecule has 1 heterocycles. The summed E-state index contributed by atoms with van der Waals surface area (Å²) >= 11 is 0. The van der Waals surface area contributed by atoms with E-state index in [0.717, 1.165) is 0 Å². The Kier molecular flexibility index (Phi) is 3.66. The van der Waals surface area contributed by atoms with E-state index in [1.54, 1.807) is 18.2 Å². The van der Waals surface area contributed by atoms with Gasteiger partial charge < -0.3 is 10.1 Å². The molecule has 0 spiro atoms. The molecule has 0 aliphatic rings. The van der Waals surface area contributed by atoms with Crippen LogP contribution in [0.5, 0.6) is 5.75 Å². The highest BCUT2D eigenvalue weighted by Gasteiger charge is 2.03. The van der Waals surface area contributed by atoms with Crippen molar-refractivity contribution in [3.63, 3.8) is 0 Å². The summed E-state index contributed by atoms with van der Waals surface area (Å²) < 4.78 is 40.9. The number of nitrogens with zero attached hydrogens (tertiary/aromatic N) is 1. The topological polar surface area (TPSA) is 34.1 Å². The average molecular weight is 254 g/mol. The second-order valence-electron chi connectivity index (χ2n) is 3.40. The molecule has 0 fully saturated rings. The lowest BCUT2D eigenvalue weighted by molar-refractivity contribution is -0.0498. The molecule has 0 atom stereocenters. The van der Waals surface area contributed by atoms with Gasteiger partial charge in [-0.3, -0.25) is 0 Å². The number of rotatable bonds is 4. The molecule has 0 saturated carbocycles. The molecular formula is C12H9F3N2O. The highest BCUT2D eigenvalue weighted by Crippen LogP contribution is 2.21. The molecule has 1 aromatic heterocycles. The number of alkyl halides is 2. The van der Waals surface area contributed by atoms with Crippen molar-refractivity contribution in [2.45, 2.75) is 6.61 Å². The molecular weight excluding hydrogens is 245 g/mol. The van der Waals surface area contributed by atoms with Gasteiger partial charge >= 0.3 is 6.61 Å². The number of hydrogen-bond donors (Lipinski definition) is 1. The zero-order chi connectivity index (χ0) is 13.0. The third-order valence-electron chi connectivity index (χ3n) is 2.09. The first-order valence-electron chi connectivity index (χ1n) is 5.07. The minimum atomic E-state index is -2.85. The Bertz CT molecular complexity index is 517. The fraction of sp³-hybridized carbons (Fsp3) is 0.0833. The third-order valence-corrected chi connectivity index (χ3v) is 2.09. The van der Waals surface area contributed by atoms with Gasteiger partial charge in [-0.1, -0.05) is 0 Å². The highest BCUT2D eigenvalue weighted by molar-refractivity contribution is 5.59. The summed E-state index contributed by atoms with van der Waals surface area (Å²) in [5.41, 5.74) is 1.15. The van der Waals surface area contributed by atoms with Gasteiger partial charge in [-0.05, 0) is 30.3 Å². The quantitative estimate of drug-likeness (QED) is 0.847. The summed E-state index contributed by atoms with van der Waals surface area (Å²) in [5, 5.41) is 2.90. The number of ether oxygens (including phenoxy) is 1. The zero-order valence-corrected chi connectivity index (χ0v) is 9.11. The summed E-state index contributed by atoms with van der Waals surface area (Å²) in [6.45, 7) is -2.85. The van der Waals surface area contributed by atoms with Crippen molar-refractivity contribution in [2.75, 3.05) is 5.32 Å². The minimum absolute atomic E-state index is 0.0662. The van der Waals surface area contributed by atoms with Crippen LogP contribution in [0.4, 0.5) is 24.5 Å². The van der Waals surface area contributed by atoms with Crippen LogP contribution in [-0.2, 0) is 0 Å². The third kappa shape index (κ3) is 3.38. The van der Waals surface area contributed by atoms with Crippen LogP contribution in [0.2, 0.25) is 0 Å². The number of hydrogen-bond acceptors (Lipinski definition) is 3. The highest BCUT2D eigenvalue weighted by atomic mass is 19.3. The first-order valence-corrected chi connectivity index (χ1v) is 5.07. The Labute approximate surface area is 101 Å². The largest absolute Gasteiger partial charge is 0.435 e. The fourth-order valence-electron chi connectivity index (χ4n) is 1.37. The van der Waals surface area contributed by atoms with E-state index in [1.807, 2.05) is 0 Å². The maximum atomic E-state index is 12.8. The van der Waals surface area contributed by atoms with Gasteiger partial charge in [-0.25, -0.2) is 4.98 Å². The van der Waals surface area contributed by atoms with Crippen LogP contribution >= 0.6 is 0 Å². The van der Waals surface area contributed by atoms with Crippen LogP contribution in [0.1, 0.15) is 0 Å². The molecule has 0 aliphatic carbocycles. The summed E-state index contributed by atoms with van der Waals surface area (Å²) in [5.74, 6) is -0.533. The van der Waals surface area contributed by atoms with E-state index >= 15 is 0 Å². The van der Waals surface area contributed by atoms with E-state index in [4.69, 9.17) is 0 Å². The monoisotopic (exact) mass is 254 g/mol. The fourth-order valence-corrected chi connectivity index (χ4v) is 1.37. The Morgan fingerprint density at radius 3 is 2.39 bits per heavy atom. The average Bonchev–Trinajstić information content (AvgIpc) is 2.31. The van der Waals surface area contributed by atoms with E-state index in [9.17, 15) is 13.2 Å². The Balaban J connectivity index is 2.06. The Hall–Kier alpha value is -2.24. The Morgan fingerprint density at radius 1 is 1.06 bits per heavy atom. The lowest BCUT2D eigenvalue weighted by Gasteiger charge is -2.08. The maximum absolute atomic E-state index is 12.8. The van der Waals surface area contributed by atoms with Crippen molar-refractivity contribution in [1.29, 1.82) is 0 Å². The molecule has 1 N–H and O–H groups in total. The molecule has 94 valence electrons. The predicted octanol–water partition coefficient (Wildman–Crippen LogP) is 3.57. The first-order chi connectivity index (χ1) is 8.63. The minimum Gasteiger partial charge on any atom is -0.435 e. The lowest BCUT2D eigenvalue weighted by atomic mass is 10.3.